The zero-order chi connectivity index (χ0) is 10.9. The average Bonchev–Trinajstić information content (AvgIpc) is 2.02. The van der Waals surface area contributed by atoms with Crippen LogP contribution >= 0.6 is 0 Å². The summed E-state index contributed by atoms with van der Waals surface area (Å²) >= 11 is 0. The van der Waals surface area contributed by atoms with Gasteiger partial charge in [-0.25, -0.2) is 9.18 Å². The Morgan fingerprint density at radius 2 is 1.93 bits per heavy atom. The summed E-state index contributed by atoms with van der Waals surface area (Å²) in [6, 6.07) is 4.20. The van der Waals surface area contributed by atoms with Crippen molar-refractivity contribution in [2.45, 2.75) is 26.2 Å². The molecule has 0 atom stereocenters. The van der Waals surface area contributed by atoms with Crippen LogP contribution in [-0.4, -0.2) is 11.1 Å². The van der Waals surface area contributed by atoms with Gasteiger partial charge in [0.25, 0.3) is 0 Å². The molecule has 0 spiro atoms. The normalized spacial score (nSPS) is 11.4. The molecule has 1 N–H and O–H groups in total. The van der Waals surface area contributed by atoms with Gasteiger partial charge in [-0.3, -0.25) is 0 Å². The summed E-state index contributed by atoms with van der Waals surface area (Å²) < 4.78 is 13.0. The number of carboxylic acids is 1. The van der Waals surface area contributed by atoms with E-state index >= 15 is 0 Å². The summed E-state index contributed by atoms with van der Waals surface area (Å²) in [5.74, 6) is -1.92. The third-order valence-corrected chi connectivity index (χ3v) is 2.06. The predicted molar refractivity (Wildman–Crippen MR) is 52.1 cm³/mol. The highest BCUT2D eigenvalue weighted by Crippen LogP contribution is 2.24. The molecule has 76 valence electrons. The summed E-state index contributed by atoms with van der Waals surface area (Å²) in [4.78, 5) is 10.7. The highest BCUT2D eigenvalue weighted by molar-refractivity contribution is 5.88. The smallest absolute Gasteiger partial charge is 0.338 e. The number of hydrogen-bond acceptors (Lipinski definition) is 1. The van der Waals surface area contributed by atoms with Crippen molar-refractivity contribution in [2.75, 3.05) is 0 Å². The average molecular weight is 196 g/mol. The van der Waals surface area contributed by atoms with Crippen molar-refractivity contribution >= 4 is 5.97 Å². The first-order chi connectivity index (χ1) is 6.32. The fourth-order valence-electron chi connectivity index (χ4n) is 1.16. The Kier molecular flexibility index (Phi) is 2.60. The SMILES string of the molecule is CC(C)(C)c1ccc(F)c(C(=O)O)c1. The highest BCUT2D eigenvalue weighted by Gasteiger charge is 2.18. The summed E-state index contributed by atoms with van der Waals surface area (Å²) in [5.41, 5.74) is 0.381. The zero-order valence-corrected chi connectivity index (χ0v) is 8.47. The van der Waals surface area contributed by atoms with Crippen LogP contribution in [0.2, 0.25) is 0 Å². The lowest BCUT2D eigenvalue weighted by atomic mass is 9.86. The molecule has 0 heterocycles. The van der Waals surface area contributed by atoms with Crippen LogP contribution in [0.4, 0.5) is 4.39 Å². The van der Waals surface area contributed by atoms with Gasteiger partial charge in [0.05, 0.1) is 5.56 Å². The molecule has 2 nitrogen and oxygen atoms in total. The molecule has 1 aromatic rings. The van der Waals surface area contributed by atoms with E-state index in [9.17, 15) is 9.18 Å². The molecular weight excluding hydrogens is 183 g/mol. The van der Waals surface area contributed by atoms with Gasteiger partial charge in [0.15, 0.2) is 0 Å². The van der Waals surface area contributed by atoms with Crippen LogP contribution in [0.5, 0.6) is 0 Å². The van der Waals surface area contributed by atoms with Crippen LogP contribution in [0.15, 0.2) is 18.2 Å². The van der Waals surface area contributed by atoms with Gasteiger partial charge in [0.2, 0.25) is 0 Å². The van der Waals surface area contributed by atoms with E-state index in [0.717, 1.165) is 5.56 Å². The topological polar surface area (TPSA) is 37.3 Å². The second kappa shape index (κ2) is 3.40. The van der Waals surface area contributed by atoms with Crippen molar-refractivity contribution in [3.8, 4) is 0 Å². The van der Waals surface area contributed by atoms with E-state index < -0.39 is 11.8 Å². The second-order valence-electron chi connectivity index (χ2n) is 4.25. The summed E-state index contributed by atoms with van der Waals surface area (Å²) in [5, 5.41) is 8.72. The van der Waals surface area contributed by atoms with Crippen LogP contribution < -0.4 is 0 Å². The Hall–Kier alpha value is -1.38. The summed E-state index contributed by atoms with van der Waals surface area (Å²) in [7, 11) is 0. The van der Waals surface area contributed by atoms with E-state index in [-0.39, 0.29) is 11.0 Å². The molecule has 0 bridgehead atoms. The van der Waals surface area contributed by atoms with Crippen molar-refractivity contribution in [1.29, 1.82) is 0 Å². The maximum Gasteiger partial charge on any atom is 0.338 e. The third kappa shape index (κ3) is 2.10. The highest BCUT2D eigenvalue weighted by atomic mass is 19.1. The van der Waals surface area contributed by atoms with E-state index in [1.807, 2.05) is 20.8 Å². The molecule has 0 radical (unpaired) electrons. The Balaban J connectivity index is 3.27. The summed E-state index contributed by atoms with van der Waals surface area (Å²) in [6.45, 7) is 5.85. The number of aromatic carboxylic acids is 1. The van der Waals surface area contributed by atoms with Crippen molar-refractivity contribution in [3.63, 3.8) is 0 Å². The lowest BCUT2D eigenvalue weighted by Crippen LogP contribution is -2.13. The molecule has 0 amide bonds. The third-order valence-electron chi connectivity index (χ3n) is 2.06. The van der Waals surface area contributed by atoms with Gasteiger partial charge in [-0.1, -0.05) is 26.8 Å². The maximum absolute atomic E-state index is 13.0. The molecule has 0 saturated carbocycles. The molecule has 0 aromatic heterocycles. The minimum Gasteiger partial charge on any atom is -0.478 e. The molecular formula is C11H13FO2. The number of hydrogen-bond donors (Lipinski definition) is 1. The van der Waals surface area contributed by atoms with Crippen LogP contribution in [0.1, 0.15) is 36.7 Å². The lowest BCUT2D eigenvalue weighted by Gasteiger charge is -2.19. The number of benzene rings is 1. The Bertz CT molecular complexity index is 364. The molecule has 14 heavy (non-hydrogen) atoms. The zero-order valence-electron chi connectivity index (χ0n) is 8.47. The first kappa shape index (κ1) is 10.7. The molecule has 0 aliphatic heterocycles. The van der Waals surface area contributed by atoms with Crippen molar-refractivity contribution < 1.29 is 14.3 Å². The fourth-order valence-corrected chi connectivity index (χ4v) is 1.16. The van der Waals surface area contributed by atoms with Gasteiger partial charge < -0.3 is 5.11 Å². The van der Waals surface area contributed by atoms with Gasteiger partial charge >= 0.3 is 5.97 Å². The minimum atomic E-state index is -1.23. The molecule has 0 fully saturated rings. The monoisotopic (exact) mass is 196 g/mol. The second-order valence-corrected chi connectivity index (χ2v) is 4.25. The van der Waals surface area contributed by atoms with E-state index in [2.05, 4.69) is 0 Å². The van der Waals surface area contributed by atoms with E-state index in [1.54, 1.807) is 6.07 Å². The molecule has 0 aliphatic carbocycles. The molecule has 0 aliphatic rings. The molecule has 1 rings (SSSR count). The van der Waals surface area contributed by atoms with E-state index in [1.165, 1.54) is 12.1 Å². The Morgan fingerprint density at radius 3 is 2.36 bits per heavy atom. The van der Waals surface area contributed by atoms with E-state index in [4.69, 9.17) is 5.11 Å². The first-order valence-corrected chi connectivity index (χ1v) is 4.35. The first-order valence-electron chi connectivity index (χ1n) is 4.35. The molecule has 1 aromatic carbocycles. The van der Waals surface area contributed by atoms with Gasteiger partial charge in [-0.15, -0.1) is 0 Å². The number of rotatable bonds is 1. The van der Waals surface area contributed by atoms with Gasteiger partial charge in [-0.2, -0.15) is 0 Å². The fraction of sp³-hybridized carbons (Fsp3) is 0.364. The Labute approximate surface area is 82.4 Å². The van der Waals surface area contributed by atoms with Crippen molar-refractivity contribution in [1.82, 2.24) is 0 Å². The maximum atomic E-state index is 13.0. The van der Waals surface area contributed by atoms with Crippen molar-refractivity contribution in [2.24, 2.45) is 0 Å². The number of carbonyl (C=O) groups is 1. The Morgan fingerprint density at radius 1 is 1.36 bits per heavy atom. The summed E-state index contributed by atoms with van der Waals surface area (Å²) in [6.07, 6.45) is 0. The quantitative estimate of drug-likeness (QED) is 0.749. The standard InChI is InChI=1S/C11H13FO2/c1-11(2,3)7-4-5-9(12)8(6-7)10(13)14/h4-6H,1-3H3,(H,13,14). The molecule has 0 saturated heterocycles. The van der Waals surface area contributed by atoms with Crippen LogP contribution in [0, 0.1) is 5.82 Å². The number of carboxylic acid groups (broad SMARTS) is 1. The van der Waals surface area contributed by atoms with Crippen LogP contribution in [0.3, 0.4) is 0 Å². The van der Waals surface area contributed by atoms with Crippen LogP contribution in [-0.2, 0) is 5.41 Å². The van der Waals surface area contributed by atoms with E-state index in [0.29, 0.717) is 0 Å². The molecule has 0 unspecified atom stereocenters. The van der Waals surface area contributed by atoms with Gasteiger partial charge in [0.1, 0.15) is 5.82 Å². The van der Waals surface area contributed by atoms with Crippen molar-refractivity contribution in [3.05, 3.63) is 35.1 Å². The largest absolute Gasteiger partial charge is 0.478 e. The van der Waals surface area contributed by atoms with Gasteiger partial charge in [0, 0.05) is 0 Å². The molecule has 3 heteroatoms. The van der Waals surface area contributed by atoms with Crippen LogP contribution in [0.25, 0.3) is 0 Å². The van der Waals surface area contributed by atoms with Gasteiger partial charge in [-0.05, 0) is 23.1 Å². The predicted octanol–water partition coefficient (Wildman–Crippen LogP) is 2.82. The minimum absolute atomic E-state index is 0.169. The lowest BCUT2D eigenvalue weighted by molar-refractivity contribution is 0.0691. The number of halogens is 1.